The molecule has 0 spiro atoms. The molecule has 1 amide bonds. The van der Waals surface area contributed by atoms with Crippen molar-refractivity contribution >= 4 is 27.3 Å². The van der Waals surface area contributed by atoms with Crippen LogP contribution >= 0.6 is 0 Å². The number of hydrogen-bond donors (Lipinski definition) is 2. The van der Waals surface area contributed by atoms with Gasteiger partial charge in [0.05, 0.1) is 4.90 Å². The zero-order chi connectivity index (χ0) is 21.6. The van der Waals surface area contributed by atoms with Gasteiger partial charge in [0.15, 0.2) is 6.10 Å². The summed E-state index contributed by atoms with van der Waals surface area (Å²) in [5, 5.41) is 2.73. The Kier molecular flexibility index (Phi) is 6.68. The number of hydrogen-bond acceptors (Lipinski definition) is 4. The summed E-state index contributed by atoms with van der Waals surface area (Å²) in [6, 6.07) is 19.8. The standard InChI is InChI=1S/C22H21FN2O4S/c1-2-21(29-19-6-4-3-5-7-19)22(26)24-17-12-14-20(15-13-17)30(27,28)25-18-10-8-16(23)9-11-18/h3-15,21,25H,2H2,1H3,(H,24,26)/t21-/m0/s1. The van der Waals surface area contributed by atoms with Crippen LogP contribution < -0.4 is 14.8 Å². The highest BCUT2D eigenvalue weighted by Crippen LogP contribution is 2.19. The van der Waals surface area contributed by atoms with Crippen molar-refractivity contribution in [1.82, 2.24) is 0 Å². The van der Waals surface area contributed by atoms with Crippen LogP contribution in [-0.4, -0.2) is 20.4 Å². The first-order valence-electron chi connectivity index (χ1n) is 9.28. The van der Waals surface area contributed by atoms with Crippen molar-refractivity contribution in [3.8, 4) is 5.75 Å². The Balaban J connectivity index is 1.65. The molecule has 3 rings (SSSR count). The molecule has 0 aliphatic carbocycles. The van der Waals surface area contributed by atoms with Gasteiger partial charge in [0.1, 0.15) is 11.6 Å². The van der Waals surface area contributed by atoms with Gasteiger partial charge in [-0.3, -0.25) is 9.52 Å². The largest absolute Gasteiger partial charge is 0.481 e. The second-order valence-electron chi connectivity index (χ2n) is 6.45. The quantitative estimate of drug-likeness (QED) is 0.556. The van der Waals surface area contributed by atoms with Crippen LogP contribution in [-0.2, 0) is 14.8 Å². The van der Waals surface area contributed by atoms with E-state index >= 15 is 0 Å². The molecular weight excluding hydrogens is 407 g/mol. The number of carbonyl (C=O) groups excluding carboxylic acids is 1. The Labute approximate surface area is 174 Å². The van der Waals surface area contributed by atoms with Crippen molar-refractivity contribution in [1.29, 1.82) is 0 Å². The molecule has 6 nitrogen and oxygen atoms in total. The molecular formula is C22H21FN2O4S. The Morgan fingerprint density at radius 2 is 1.53 bits per heavy atom. The molecule has 156 valence electrons. The van der Waals surface area contributed by atoms with Gasteiger partial charge in [-0.05, 0) is 67.1 Å². The monoisotopic (exact) mass is 428 g/mol. The normalized spacial score (nSPS) is 12.1. The van der Waals surface area contributed by atoms with Gasteiger partial charge in [-0.15, -0.1) is 0 Å². The summed E-state index contributed by atoms with van der Waals surface area (Å²) in [6.45, 7) is 1.84. The average Bonchev–Trinajstić information content (AvgIpc) is 2.74. The SMILES string of the molecule is CC[C@H](Oc1ccccc1)C(=O)Nc1ccc(S(=O)(=O)Nc2ccc(F)cc2)cc1. The maximum absolute atomic E-state index is 13.0. The maximum atomic E-state index is 13.0. The van der Waals surface area contributed by atoms with Crippen LogP contribution in [0.3, 0.4) is 0 Å². The lowest BCUT2D eigenvalue weighted by atomic mass is 10.2. The highest BCUT2D eigenvalue weighted by atomic mass is 32.2. The van der Waals surface area contributed by atoms with Crippen LogP contribution in [0.2, 0.25) is 0 Å². The minimum atomic E-state index is -3.84. The first-order chi connectivity index (χ1) is 14.4. The molecule has 0 aromatic heterocycles. The van der Waals surface area contributed by atoms with E-state index in [1.54, 1.807) is 12.1 Å². The van der Waals surface area contributed by atoms with Crippen LogP contribution in [0.15, 0.2) is 83.8 Å². The number of carbonyl (C=O) groups is 1. The molecule has 0 fully saturated rings. The molecule has 0 saturated heterocycles. The third kappa shape index (κ3) is 5.57. The van der Waals surface area contributed by atoms with E-state index < -0.39 is 21.9 Å². The zero-order valence-electron chi connectivity index (χ0n) is 16.2. The molecule has 0 heterocycles. The smallest absolute Gasteiger partial charge is 0.265 e. The molecule has 0 saturated carbocycles. The number of rotatable bonds is 8. The Bertz CT molecular complexity index is 1090. The van der Waals surface area contributed by atoms with Crippen molar-refractivity contribution in [2.24, 2.45) is 0 Å². The maximum Gasteiger partial charge on any atom is 0.265 e. The lowest BCUT2D eigenvalue weighted by molar-refractivity contribution is -0.122. The van der Waals surface area contributed by atoms with Crippen LogP contribution in [0.4, 0.5) is 15.8 Å². The predicted octanol–water partition coefficient (Wildman–Crippen LogP) is 4.42. The average molecular weight is 428 g/mol. The van der Waals surface area contributed by atoms with E-state index in [-0.39, 0.29) is 16.5 Å². The summed E-state index contributed by atoms with van der Waals surface area (Å²) in [5.74, 6) is -0.200. The molecule has 30 heavy (non-hydrogen) atoms. The fourth-order valence-electron chi connectivity index (χ4n) is 2.66. The summed E-state index contributed by atoms with van der Waals surface area (Å²) in [4.78, 5) is 12.5. The van der Waals surface area contributed by atoms with E-state index in [9.17, 15) is 17.6 Å². The number of ether oxygens (including phenoxy) is 1. The number of para-hydroxylation sites is 1. The van der Waals surface area contributed by atoms with Crippen LogP contribution in [0, 0.1) is 5.82 Å². The fraction of sp³-hybridized carbons (Fsp3) is 0.136. The van der Waals surface area contributed by atoms with Crippen molar-refractivity contribution < 1.29 is 22.3 Å². The summed E-state index contributed by atoms with van der Waals surface area (Å²) >= 11 is 0. The second-order valence-corrected chi connectivity index (χ2v) is 8.14. The van der Waals surface area contributed by atoms with Gasteiger partial charge in [-0.1, -0.05) is 25.1 Å². The van der Waals surface area contributed by atoms with Gasteiger partial charge >= 0.3 is 0 Å². The van der Waals surface area contributed by atoms with Gasteiger partial charge in [0.2, 0.25) is 0 Å². The number of nitrogens with one attached hydrogen (secondary N) is 2. The highest BCUT2D eigenvalue weighted by Gasteiger charge is 2.19. The van der Waals surface area contributed by atoms with Gasteiger partial charge < -0.3 is 10.1 Å². The van der Waals surface area contributed by atoms with Gasteiger partial charge in [0, 0.05) is 11.4 Å². The third-order valence-electron chi connectivity index (χ3n) is 4.21. The van der Waals surface area contributed by atoms with E-state index in [4.69, 9.17) is 4.74 Å². The molecule has 0 bridgehead atoms. The van der Waals surface area contributed by atoms with E-state index in [0.29, 0.717) is 17.9 Å². The summed E-state index contributed by atoms with van der Waals surface area (Å²) < 4.78 is 46.0. The number of anilines is 2. The lowest BCUT2D eigenvalue weighted by Crippen LogP contribution is -2.32. The number of benzene rings is 3. The predicted molar refractivity (Wildman–Crippen MR) is 113 cm³/mol. The fourth-order valence-corrected chi connectivity index (χ4v) is 3.72. The number of halogens is 1. The lowest BCUT2D eigenvalue weighted by Gasteiger charge is -2.17. The Hall–Kier alpha value is -3.39. The summed E-state index contributed by atoms with van der Waals surface area (Å²) in [5.41, 5.74) is 0.688. The summed E-state index contributed by atoms with van der Waals surface area (Å²) in [7, 11) is -3.84. The van der Waals surface area contributed by atoms with E-state index in [1.807, 2.05) is 25.1 Å². The first kappa shape index (κ1) is 21.3. The van der Waals surface area contributed by atoms with Crippen molar-refractivity contribution in [3.63, 3.8) is 0 Å². The molecule has 0 aliphatic heterocycles. The Morgan fingerprint density at radius 3 is 2.13 bits per heavy atom. The second kappa shape index (κ2) is 9.41. The van der Waals surface area contributed by atoms with Crippen molar-refractivity contribution in [2.75, 3.05) is 10.0 Å². The summed E-state index contributed by atoms with van der Waals surface area (Å²) in [6.07, 6.45) is -0.217. The van der Waals surface area contributed by atoms with Crippen LogP contribution in [0.25, 0.3) is 0 Å². The molecule has 8 heteroatoms. The van der Waals surface area contributed by atoms with Crippen molar-refractivity contribution in [3.05, 3.63) is 84.7 Å². The molecule has 0 aliphatic rings. The molecule has 2 N–H and O–H groups in total. The van der Waals surface area contributed by atoms with E-state index in [0.717, 1.165) is 12.1 Å². The number of amides is 1. The van der Waals surface area contributed by atoms with E-state index in [1.165, 1.54) is 36.4 Å². The van der Waals surface area contributed by atoms with Gasteiger partial charge in [-0.25, -0.2) is 12.8 Å². The minimum Gasteiger partial charge on any atom is -0.481 e. The third-order valence-corrected chi connectivity index (χ3v) is 5.61. The highest BCUT2D eigenvalue weighted by molar-refractivity contribution is 7.92. The zero-order valence-corrected chi connectivity index (χ0v) is 17.0. The van der Waals surface area contributed by atoms with Gasteiger partial charge in [-0.2, -0.15) is 0 Å². The number of sulfonamides is 1. The molecule has 0 unspecified atom stereocenters. The Morgan fingerprint density at radius 1 is 0.933 bits per heavy atom. The minimum absolute atomic E-state index is 0.0115. The van der Waals surface area contributed by atoms with E-state index in [2.05, 4.69) is 10.0 Å². The topological polar surface area (TPSA) is 84.5 Å². The van der Waals surface area contributed by atoms with Crippen LogP contribution in [0.5, 0.6) is 5.75 Å². The van der Waals surface area contributed by atoms with Gasteiger partial charge in [0.25, 0.3) is 15.9 Å². The molecule has 0 radical (unpaired) electrons. The molecule has 3 aromatic carbocycles. The van der Waals surface area contributed by atoms with Crippen molar-refractivity contribution in [2.45, 2.75) is 24.3 Å². The molecule has 1 atom stereocenters. The molecule has 3 aromatic rings. The van der Waals surface area contributed by atoms with Crippen LogP contribution in [0.1, 0.15) is 13.3 Å². The first-order valence-corrected chi connectivity index (χ1v) is 10.8.